The first-order valence-electron chi connectivity index (χ1n) is 8.36. The molecule has 0 bridgehead atoms. The molecule has 0 aliphatic carbocycles. The molecular weight excluding hydrogens is 400 g/mol. The summed E-state index contributed by atoms with van der Waals surface area (Å²) >= 11 is 3.38. The molecule has 2 amide bonds. The third kappa shape index (κ3) is 3.39. The minimum absolute atomic E-state index is 0.0466. The van der Waals surface area contributed by atoms with Crippen LogP contribution < -0.4 is 19.7 Å². The lowest BCUT2D eigenvalue weighted by Gasteiger charge is -2.19. The molecule has 6 nitrogen and oxygen atoms in total. The van der Waals surface area contributed by atoms with Gasteiger partial charge in [0.15, 0.2) is 11.5 Å². The van der Waals surface area contributed by atoms with E-state index in [2.05, 4.69) is 21.2 Å². The highest BCUT2D eigenvalue weighted by molar-refractivity contribution is 9.10. The molecule has 1 fully saturated rings. The molecule has 2 aliphatic rings. The second-order valence-corrected chi connectivity index (χ2v) is 7.15. The first-order valence-corrected chi connectivity index (χ1v) is 9.16. The normalized spacial score (nSPS) is 18.7. The summed E-state index contributed by atoms with van der Waals surface area (Å²) in [5.74, 6) is 0.684. The zero-order chi connectivity index (χ0) is 18.1. The minimum atomic E-state index is -0.389. The first-order chi connectivity index (χ1) is 12.6. The summed E-state index contributed by atoms with van der Waals surface area (Å²) in [7, 11) is 0. The summed E-state index contributed by atoms with van der Waals surface area (Å²) in [6.07, 6.45) is 0.201. The van der Waals surface area contributed by atoms with Gasteiger partial charge in [0.05, 0.1) is 5.92 Å². The lowest BCUT2D eigenvalue weighted by Crippen LogP contribution is -2.28. The van der Waals surface area contributed by atoms with E-state index in [1.807, 2.05) is 24.3 Å². The van der Waals surface area contributed by atoms with Gasteiger partial charge in [-0.2, -0.15) is 0 Å². The molecule has 0 spiro atoms. The van der Waals surface area contributed by atoms with Gasteiger partial charge in [-0.1, -0.05) is 15.9 Å². The zero-order valence-corrected chi connectivity index (χ0v) is 15.5. The fourth-order valence-corrected chi connectivity index (χ4v) is 3.38. The number of rotatable bonds is 3. The Morgan fingerprint density at radius 3 is 2.58 bits per heavy atom. The van der Waals surface area contributed by atoms with Crippen molar-refractivity contribution in [2.24, 2.45) is 5.92 Å². The summed E-state index contributed by atoms with van der Waals surface area (Å²) in [5, 5.41) is 2.87. The van der Waals surface area contributed by atoms with Crippen molar-refractivity contribution < 1.29 is 19.1 Å². The number of fused-ring (bicyclic) bond motifs is 1. The number of ether oxygens (including phenoxy) is 2. The van der Waals surface area contributed by atoms with Gasteiger partial charge >= 0.3 is 0 Å². The summed E-state index contributed by atoms with van der Waals surface area (Å²) in [4.78, 5) is 26.6. The molecule has 1 N–H and O–H groups in total. The molecule has 134 valence electrons. The molecule has 7 heteroatoms. The maximum atomic E-state index is 12.6. The van der Waals surface area contributed by atoms with E-state index in [1.54, 1.807) is 23.1 Å². The molecule has 0 aromatic heterocycles. The van der Waals surface area contributed by atoms with Crippen molar-refractivity contribution in [3.63, 3.8) is 0 Å². The number of halogens is 1. The van der Waals surface area contributed by atoms with Crippen molar-refractivity contribution in [1.29, 1.82) is 0 Å². The lowest BCUT2D eigenvalue weighted by molar-refractivity contribution is -0.122. The summed E-state index contributed by atoms with van der Waals surface area (Å²) in [6.45, 7) is 1.38. The van der Waals surface area contributed by atoms with E-state index in [9.17, 15) is 9.59 Å². The van der Waals surface area contributed by atoms with Crippen LogP contribution >= 0.6 is 15.9 Å². The number of hydrogen-bond donors (Lipinski definition) is 1. The molecule has 2 aromatic carbocycles. The second kappa shape index (κ2) is 6.99. The largest absolute Gasteiger partial charge is 0.486 e. The van der Waals surface area contributed by atoms with Crippen molar-refractivity contribution in [1.82, 2.24) is 0 Å². The van der Waals surface area contributed by atoms with E-state index >= 15 is 0 Å². The topological polar surface area (TPSA) is 67.9 Å². The van der Waals surface area contributed by atoms with Crippen LogP contribution in [-0.4, -0.2) is 31.6 Å². The van der Waals surface area contributed by atoms with Gasteiger partial charge in [0.2, 0.25) is 11.8 Å². The zero-order valence-electron chi connectivity index (χ0n) is 13.9. The Morgan fingerprint density at radius 1 is 1.08 bits per heavy atom. The Kier molecular flexibility index (Phi) is 4.55. The van der Waals surface area contributed by atoms with Crippen LogP contribution in [0.3, 0.4) is 0 Å². The predicted molar refractivity (Wildman–Crippen MR) is 101 cm³/mol. The Hall–Kier alpha value is -2.54. The van der Waals surface area contributed by atoms with Gasteiger partial charge in [-0.3, -0.25) is 9.59 Å². The molecule has 2 heterocycles. The average molecular weight is 417 g/mol. The maximum absolute atomic E-state index is 12.6. The third-order valence-electron chi connectivity index (χ3n) is 4.44. The smallest absolute Gasteiger partial charge is 0.229 e. The first kappa shape index (κ1) is 16.9. The molecule has 0 saturated carbocycles. The lowest BCUT2D eigenvalue weighted by atomic mass is 10.1. The van der Waals surface area contributed by atoms with Crippen LogP contribution in [0.5, 0.6) is 11.5 Å². The summed E-state index contributed by atoms with van der Waals surface area (Å²) in [6, 6.07) is 12.8. The number of hydrogen-bond acceptors (Lipinski definition) is 4. The van der Waals surface area contributed by atoms with Gasteiger partial charge in [0, 0.05) is 34.9 Å². The highest BCUT2D eigenvalue weighted by Crippen LogP contribution is 2.33. The van der Waals surface area contributed by atoms with E-state index < -0.39 is 0 Å². The van der Waals surface area contributed by atoms with Crippen molar-refractivity contribution >= 4 is 39.1 Å². The molecule has 26 heavy (non-hydrogen) atoms. The summed E-state index contributed by atoms with van der Waals surface area (Å²) < 4.78 is 12.0. The number of benzene rings is 2. The Bertz CT molecular complexity index is 853. The molecular formula is C19H17BrN2O4. The standard InChI is InChI=1S/C19H17BrN2O4/c20-13-1-4-15(5-2-13)22-11-12(9-18(22)23)19(24)21-14-3-6-16-17(10-14)26-8-7-25-16/h1-6,10,12H,7-9,11H2,(H,21,24)/t12-/m0/s1. The van der Waals surface area contributed by atoms with E-state index in [1.165, 1.54) is 0 Å². The van der Waals surface area contributed by atoms with Gasteiger partial charge in [-0.25, -0.2) is 0 Å². The van der Waals surface area contributed by atoms with Crippen LogP contribution in [0.15, 0.2) is 46.9 Å². The van der Waals surface area contributed by atoms with Crippen molar-refractivity contribution in [3.8, 4) is 11.5 Å². The SMILES string of the molecule is O=C(Nc1ccc2c(c1)OCCO2)[C@H]1CC(=O)N(c2ccc(Br)cc2)C1. The van der Waals surface area contributed by atoms with Crippen LogP contribution in [0.1, 0.15) is 6.42 Å². The van der Waals surface area contributed by atoms with E-state index in [0.717, 1.165) is 10.2 Å². The van der Waals surface area contributed by atoms with Crippen molar-refractivity contribution in [2.45, 2.75) is 6.42 Å². The third-order valence-corrected chi connectivity index (χ3v) is 4.97. The van der Waals surface area contributed by atoms with Crippen LogP contribution in [0.25, 0.3) is 0 Å². The van der Waals surface area contributed by atoms with Gasteiger partial charge in [-0.05, 0) is 36.4 Å². The van der Waals surface area contributed by atoms with Crippen LogP contribution in [0.4, 0.5) is 11.4 Å². The van der Waals surface area contributed by atoms with Gasteiger partial charge in [0.25, 0.3) is 0 Å². The Balaban J connectivity index is 1.44. The molecule has 1 saturated heterocycles. The molecule has 2 aliphatic heterocycles. The molecule has 1 atom stereocenters. The van der Waals surface area contributed by atoms with Gasteiger partial charge in [-0.15, -0.1) is 0 Å². The van der Waals surface area contributed by atoms with Crippen molar-refractivity contribution in [3.05, 3.63) is 46.9 Å². The molecule has 4 rings (SSSR count). The molecule has 2 aromatic rings. The summed E-state index contributed by atoms with van der Waals surface area (Å²) in [5.41, 5.74) is 1.43. The van der Waals surface area contributed by atoms with Gasteiger partial charge < -0.3 is 19.7 Å². The quantitative estimate of drug-likeness (QED) is 0.833. The van der Waals surface area contributed by atoms with E-state index in [-0.39, 0.29) is 24.2 Å². The highest BCUT2D eigenvalue weighted by Gasteiger charge is 2.35. The van der Waals surface area contributed by atoms with Crippen molar-refractivity contribution in [2.75, 3.05) is 30.0 Å². The van der Waals surface area contributed by atoms with E-state index in [0.29, 0.717) is 36.9 Å². The Labute approximate surface area is 159 Å². The number of nitrogens with one attached hydrogen (secondary N) is 1. The van der Waals surface area contributed by atoms with Crippen LogP contribution in [0, 0.1) is 5.92 Å². The number of nitrogens with zero attached hydrogens (tertiary/aromatic N) is 1. The Morgan fingerprint density at radius 2 is 1.81 bits per heavy atom. The van der Waals surface area contributed by atoms with E-state index in [4.69, 9.17) is 9.47 Å². The number of amides is 2. The fourth-order valence-electron chi connectivity index (χ4n) is 3.12. The fraction of sp³-hybridized carbons (Fsp3) is 0.263. The van der Waals surface area contributed by atoms with Crippen LogP contribution in [0.2, 0.25) is 0 Å². The van der Waals surface area contributed by atoms with Gasteiger partial charge in [0.1, 0.15) is 13.2 Å². The van der Waals surface area contributed by atoms with Crippen LogP contribution in [-0.2, 0) is 9.59 Å². The number of anilines is 2. The average Bonchev–Trinajstić information content (AvgIpc) is 3.04. The number of carbonyl (C=O) groups is 2. The molecule has 0 unspecified atom stereocenters. The predicted octanol–water partition coefficient (Wildman–Crippen LogP) is 3.21. The number of carbonyl (C=O) groups excluding carboxylic acids is 2. The monoisotopic (exact) mass is 416 g/mol. The second-order valence-electron chi connectivity index (χ2n) is 6.23. The highest BCUT2D eigenvalue weighted by atomic mass is 79.9. The minimum Gasteiger partial charge on any atom is -0.486 e. The maximum Gasteiger partial charge on any atom is 0.229 e. The molecule has 0 radical (unpaired) electrons.